The lowest BCUT2D eigenvalue weighted by molar-refractivity contribution is 0.0957. The molecule has 0 saturated carbocycles. The molecule has 0 radical (unpaired) electrons. The van der Waals surface area contributed by atoms with Gasteiger partial charge >= 0.3 is 0 Å². The molecule has 0 atom stereocenters. The fourth-order valence-corrected chi connectivity index (χ4v) is 1.00. The Bertz CT molecular complexity index is 328. The summed E-state index contributed by atoms with van der Waals surface area (Å²) in [5, 5.41) is 2.84. The second-order valence-corrected chi connectivity index (χ2v) is 2.67. The van der Waals surface area contributed by atoms with Crippen LogP contribution in [0, 0.1) is 0 Å². The lowest BCUT2D eigenvalue weighted by atomic mass is 10.3. The van der Waals surface area contributed by atoms with Crippen LogP contribution in [0.5, 0.6) is 5.88 Å². The summed E-state index contributed by atoms with van der Waals surface area (Å²) in [4.78, 5) is 15.0. The van der Waals surface area contributed by atoms with Crippen LogP contribution in [-0.4, -0.2) is 25.0 Å². The van der Waals surface area contributed by atoms with Crippen molar-refractivity contribution in [1.82, 2.24) is 10.3 Å². The molecule has 0 unspecified atom stereocenters. The van der Waals surface area contributed by atoms with Crippen LogP contribution in [0.2, 0.25) is 5.02 Å². The monoisotopic (exact) mass is 200 g/mol. The van der Waals surface area contributed by atoms with Gasteiger partial charge in [-0.05, 0) is 12.1 Å². The first-order chi connectivity index (χ1) is 6.19. The number of nitrogens with zero attached hydrogens (tertiary/aromatic N) is 1. The van der Waals surface area contributed by atoms with E-state index in [1.807, 2.05) is 0 Å². The van der Waals surface area contributed by atoms with Gasteiger partial charge in [-0.15, -0.1) is 0 Å². The van der Waals surface area contributed by atoms with Crippen LogP contribution in [0.1, 0.15) is 10.5 Å². The van der Waals surface area contributed by atoms with Crippen LogP contribution in [-0.2, 0) is 0 Å². The standard InChI is InChI=1S/C8H9ClN2O2/c1-10-7(12)6-4-3-5(9)8(11-6)13-2/h3-4H,1-2H3,(H,10,12). The van der Waals surface area contributed by atoms with Crippen molar-refractivity contribution in [2.45, 2.75) is 0 Å². The smallest absolute Gasteiger partial charge is 0.269 e. The highest BCUT2D eigenvalue weighted by Gasteiger charge is 2.08. The van der Waals surface area contributed by atoms with E-state index in [4.69, 9.17) is 16.3 Å². The Balaban J connectivity index is 3.06. The Morgan fingerprint density at radius 3 is 2.85 bits per heavy atom. The molecule has 0 saturated heterocycles. The SMILES string of the molecule is CNC(=O)c1ccc(Cl)c(OC)n1. The molecule has 1 N–H and O–H groups in total. The van der Waals surface area contributed by atoms with Gasteiger partial charge in [0.25, 0.3) is 5.91 Å². The molecule has 0 aromatic carbocycles. The van der Waals surface area contributed by atoms with Gasteiger partial charge in [-0.3, -0.25) is 4.79 Å². The Morgan fingerprint density at radius 2 is 2.31 bits per heavy atom. The average Bonchev–Trinajstić information content (AvgIpc) is 2.17. The number of amides is 1. The van der Waals surface area contributed by atoms with Crippen molar-refractivity contribution in [2.24, 2.45) is 0 Å². The summed E-state index contributed by atoms with van der Waals surface area (Å²) in [6, 6.07) is 3.10. The molecule has 4 nitrogen and oxygen atoms in total. The van der Waals surface area contributed by atoms with Crippen molar-refractivity contribution < 1.29 is 9.53 Å². The number of carbonyl (C=O) groups excluding carboxylic acids is 1. The fraction of sp³-hybridized carbons (Fsp3) is 0.250. The summed E-state index contributed by atoms with van der Waals surface area (Å²) < 4.78 is 4.86. The molecule has 0 aliphatic carbocycles. The second-order valence-electron chi connectivity index (χ2n) is 2.27. The average molecular weight is 201 g/mol. The van der Waals surface area contributed by atoms with E-state index >= 15 is 0 Å². The number of methoxy groups -OCH3 is 1. The zero-order valence-electron chi connectivity index (χ0n) is 7.30. The Morgan fingerprint density at radius 1 is 1.62 bits per heavy atom. The van der Waals surface area contributed by atoms with E-state index in [1.54, 1.807) is 6.07 Å². The minimum atomic E-state index is -0.269. The first-order valence-electron chi connectivity index (χ1n) is 3.61. The minimum absolute atomic E-state index is 0.253. The summed E-state index contributed by atoms with van der Waals surface area (Å²) in [6.07, 6.45) is 0. The number of hydrogen-bond acceptors (Lipinski definition) is 3. The summed E-state index contributed by atoms with van der Waals surface area (Å²) in [7, 11) is 2.98. The molecular weight excluding hydrogens is 192 g/mol. The number of rotatable bonds is 2. The predicted octanol–water partition coefficient (Wildman–Crippen LogP) is 1.10. The minimum Gasteiger partial charge on any atom is -0.480 e. The number of pyridine rings is 1. The van der Waals surface area contributed by atoms with Gasteiger partial charge in [0.2, 0.25) is 5.88 Å². The largest absolute Gasteiger partial charge is 0.480 e. The molecule has 0 bridgehead atoms. The number of aromatic nitrogens is 1. The zero-order chi connectivity index (χ0) is 9.84. The lowest BCUT2D eigenvalue weighted by Crippen LogP contribution is -2.19. The van der Waals surface area contributed by atoms with Crippen molar-refractivity contribution in [3.8, 4) is 5.88 Å². The van der Waals surface area contributed by atoms with E-state index in [-0.39, 0.29) is 17.5 Å². The van der Waals surface area contributed by atoms with Crippen LogP contribution in [0.15, 0.2) is 12.1 Å². The van der Waals surface area contributed by atoms with Crippen molar-refractivity contribution in [2.75, 3.05) is 14.2 Å². The van der Waals surface area contributed by atoms with Crippen molar-refractivity contribution in [3.05, 3.63) is 22.8 Å². The maximum absolute atomic E-state index is 11.1. The van der Waals surface area contributed by atoms with Gasteiger partial charge in [0.05, 0.1) is 7.11 Å². The van der Waals surface area contributed by atoms with E-state index < -0.39 is 0 Å². The van der Waals surface area contributed by atoms with E-state index in [0.717, 1.165) is 0 Å². The van der Waals surface area contributed by atoms with Crippen molar-refractivity contribution in [1.29, 1.82) is 0 Å². The molecule has 1 rings (SSSR count). The van der Waals surface area contributed by atoms with Crippen LogP contribution < -0.4 is 10.1 Å². The van der Waals surface area contributed by atoms with Gasteiger partial charge in [0.15, 0.2) is 0 Å². The molecule has 0 aliphatic rings. The van der Waals surface area contributed by atoms with Gasteiger partial charge < -0.3 is 10.1 Å². The molecule has 0 spiro atoms. The Labute approximate surface area is 80.9 Å². The van der Waals surface area contributed by atoms with Gasteiger partial charge in [0.1, 0.15) is 10.7 Å². The summed E-state index contributed by atoms with van der Waals surface area (Å²) in [5.74, 6) is -0.0160. The molecule has 70 valence electrons. The van der Waals surface area contributed by atoms with Gasteiger partial charge in [-0.2, -0.15) is 0 Å². The second kappa shape index (κ2) is 4.09. The van der Waals surface area contributed by atoms with E-state index in [0.29, 0.717) is 5.02 Å². The van der Waals surface area contributed by atoms with Crippen LogP contribution >= 0.6 is 11.6 Å². The number of hydrogen-bond donors (Lipinski definition) is 1. The van der Waals surface area contributed by atoms with Gasteiger partial charge in [-0.25, -0.2) is 4.98 Å². The summed E-state index contributed by atoms with van der Waals surface area (Å²) in [6.45, 7) is 0. The van der Waals surface area contributed by atoms with Gasteiger partial charge in [-0.1, -0.05) is 11.6 Å². The number of halogens is 1. The molecule has 1 aromatic rings. The summed E-state index contributed by atoms with van der Waals surface area (Å²) >= 11 is 5.73. The molecule has 1 amide bonds. The highest BCUT2D eigenvalue weighted by atomic mass is 35.5. The van der Waals surface area contributed by atoms with Crippen molar-refractivity contribution >= 4 is 17.5 Å². The highest BCUT2D eigenvalue weighted by Crippen LogP contribution is 2.20. The third-order valence-electron chi connectivity index (χ3n) is 1.47. The molecule has 5 heteroatoms. The predicted molar refractivity (Wildman–Crippen MR) is 49.2 cm³/mol. The van der Waals surface area contributed by atoms with Crippen molar-refractivity contribution in [3.63, 3.8) is 0 Å². The fourth-order valence-electron chi connectivity index (χ4n) is 0.821. The molecule has 1 aromatic heterocycles. The third-order valence-corrected chi connectivity index (χ3v) is 1.75. The summed E-state index contributed by atoms with van der Waals surface area (Å²) in [5.41, 5.74) is 0.281. The molecule has 1 heterocycles. The Kier molecular flexibility index (Phi) is 3.08. The zero-order valence-corrected chi connectivity index (χ0v) is 8.05. The van der Waals surface area contributed by atoms with Crippen LogP contribution in [0.25, 0.3) is 0 Å². The molecular formula is C8H9ClN2O2. The van der Waals surface area contributed by atoms with Crippen LogP contribution in [0.3, 0.4) is 0 Å². The maximum atomic E-state index is 11.1. The number of carbonyl (C=O) groups is 1. The van der Waals surface area contributed by atoms with E-state index in [9.17, 15) is 4.79 Å². The van der Waals surface area contributed by atoms with Gasteiger partial charge in [0, 0.05) is 7.05 Å². The quantitative estimate of drug-likeness (QED) is 0.778. The van der Waals surface area contributed by atoms with E-state index in [2.05, 4.69) is 10.3 Å². The third kappa shape index (κ3) is 2.09. The first-order valence-corrected chi connectivity index (χ1v) is 3.99. The Hall–Kier alpha value is -1.29. The topological polar surface area (TPSA) is 51.2 Å². The first kappa shape index (κ1) is 9.80. The normalized spacial score (nSPS) is 9.46. The molecule has 13 heavy (non-hydrogen) atoms. The number of nitrogens with one attached hydrogen (secondary N) is 1. The number of ether oxygens (including phenoxy) is 1. The molecule has 0 aliphatic heterocycles. The lowest BCUT2D eigenvalue weighted by Gasteiger charge is -2.03. The van der Waals surface area contributed by atoms with E-state index in [1.165, 1.54) is 20.2 Å². The van der Waals surface area contributed by atoms with Crippen LogP contribution in [0.4, 0.5) is 0 Å². The highest BCUT2D eigenvalue weighted by molar-refractivity contribution is 6.31. The molecule has 0 fully saturated rings. The maximum Gasteiger partial charge on any atom is 0.269 e.